The first-order valence-corrected chi connectivity index (χ1v) is 13.6. The number of benzene rings is 1. The first-order valence-electron chi connectivity index (χ1n) is 11.8. The highest BCUT2D eigenvalue weighted by atomic mass is 31.2. The van der Waals surface area contributed by atoms with Crippen LogP contribution >= 0.6 is 7.60 Å². The van der Waals surface area contributed by atoms with E-state index in [4.69, 9.17) is 13.8 Å². The number of ether oxygens (including phenoxy) is 1. The first kappa shape index (κ1) is 26.5. The van der Waals surface area contributed by atoms with Crippen LogP contribution < -0.4 is 4.52 Å². The van der Waals surface area contributed by atoms with Gasteiger partial charge in [-0.3, -0.25) is 4.79 Å². The highest BCUT2D eigenvalue weighted by molar-refractivity contribution is 7.54. The van der Waals surface area contributed by atoms with Gasteiger partial charge in [0.2, 0.25) is 0 Å². The summed E-state index contributed by atoms with van der Waals surface area (Å²) in [6.45, 7) is 6.32. The summed E-state index contributed by atoms with van der Waals surface area (Å²) in [5, 5.41) is 10.9. The molecule has 0 saturated heterocycles. The summed E-state index contributed by atoms with van der Waals surface area (Å²) in [6, 6.07) is 3.72. The summed E-state index contributed by atoms with van der Waals surface area (Å²) in [6.07, 6.45) is 9.79. The standard InChI is InChI=1S/C25H39O6P/c1-5-7-8-12-20-17-22(26)25(21-13-9-11-19(3)16-21)23(18-20)31-32(28,29-4)15-10-14-24(27)30-6-2/h16-18,21,26H,5-15H2,1-4H3. The zero-order valence-corrected chi connectivity index (χ0v) is 20.9. The fraction of sp³-hybridized carbons (Fsp3) is 0.640. The van der Waals surface area contributed by atoms with Gasteiger partial charge in [0.05, 0.1) is 12.8 Å². The van der Waals surface area contributed by atoms with Gasteiger partial charge in [-0.05, 0) is 70.1 Å². The fourth-order valence-electron chi connectivity index (χ4n) is 4.15. The van der Waals surface area contributed by atoms with Crippen molar-refractivity contribution < 1.29 is 28.3 Å². The van der Waals surface area contributed by atoms with Gasteiger partial charge in [-0.2, -0.15) is 0 Å². The highest BCUT2D eigenvalue weighted by Gasteiger charge is 2.29. The molecule has 0 aliphatic heterocycles. The molecular weight excluding hydrogens is 427 g/mol. The number of hydrogen-bond acceptors (Lipinski definition) is 6. The third-order valence-electron chi connectivity index (χ3n) is 5.83. The van der Waals surface area contributed by atoms with Crippen molar-refractivity contribution in [3.05, 3.63) is 34.9 Å². The summed E-state index contributed by atoms with van der Waals surface area (Å²) >= 11 is 0. The molecule has 2 unspecified atom stereocenters. The topological polar surface area (TPSA) is 82.1 Å². The molecule has 1 aliphatic rings. The van der Waals surface area contributed by atoms with Crippen LogP contribution in [0.3, 0.4) is 0 Å². The highest BCUT2D eigenvalue weighted by Crippen LogP contribution is 2.52. The number of unbranched alkanes of at least 4 members (excludes halogenated alkanes) is 2. The Kier molecular flexibility index (Phi) is 10.8. The largest absolute Gasteiger partial charge is 0.507 e. The van der Waals surface area contributed by atoms with Crippen molar-refractivity contribution >= 4 is 13.6 Å². The molecule has 0 heterocycles. The molecule has 0 spiro atoms. The average molecular weight is 467 g/mol. The van der Waals surface area contributed by atoms with Crippen LogP contribution in [0, 0.1) is 0 Å². The van der Waals surface area contributed by atoms with Gasteiger partial charge in [0.25, 0.3) is 0 Å². The number of phenolic OH excluding ortho intramolecular Hbond substituents is 1. The van der Waals surface area contributed by atoms with Gasteiger partial charge in [-0.15, -0.1) is 0 Å². The summed E-state index contributed by atoms with van der Waals surface area (Å²) < 4.78 is 29.7. The summed E-state index contributed by atoms with van der Waals surface area (Å²) in [5.41, 5.74) is 2.91. The Balaban J connectivity index is 2.30. The van der Waals surface area contributed by atoms with Crippen molar-refractivity contribution in [1.82, 2.24) is 0 Å². The van der Waals surface area contributed by atoms with Crippen molar-refractivity contribution in [1.29, 1.82) is 0 Å². The summed E-state index contributed by atoms with van der Waals surface area (Å²) in [4.78, 5) is 11.6. The fourth-order valence-corrected chi connectivity index (χ4v) is 5.50. The van der Waals surface area contributed by atoms with Crippen molar-refractivity contribution in [2.24, 2.45) is 0 Å². The molecule has 0 saturated carbocycles. The van der Waals surface area contributed by atoms with E-state index in [0.717, 1.165) is 50.5 Å². The Morgan fingerprint density at radius 1 is 1.22 bits per heavy atom. The summed E-state index contributed by atoms with van der Waals surface area (Å²) in [5.74, 6) is 0.287. The molecule has 1 N–H and O–H groups in total. The number of carbonyl (C=O) groups excluding carboxylic acids is 1. The van der Waals surface area contributed by atoms with Gasteiger partial charge in [0, 0.05) is 25.0 Å². The van der Waals surface area contributed by atoms with Gasteiger partial charge in [-0.25, -0.2) is 4.57 Å². The Hall–Kier alpha value is -1.78. The normalized spacial score (nSPS) is 18.0. The van der Waals surface area contributed by atoms with Crippen LogP contribution in [-0.4, -0.2) is 31.0 Å². The molecule has 0 radical (unpaired) electrons. The van der Waals surface area contributed by atoms with Gasteiger partial charge < -0.3 is 18.9 Å². The lowest BCUT2D eigenvalue weighted by Gasteiger charge is -2.26. The van der Waals surface area contributed by atoms with E-state index in [-0.39, 0.29) is 30.2 Å². The maximum atomic E-state index is 13.4. The van der Waals surface area contributed by atoms with Crippen LogP contribution in [0.2, 0.25) is 0 Å². The quantitative estimate of drug-likeness (QED) is 0.147. The number of carbonyl (C=O) groups is 1. The predicted molar refractivity (Wildman–Crippen MR) is 128 cm³/mol. The van der Waals surface area contributed by atoms with Crippen LogP contribution in [0.25, 0.3) is 0 Å². The molecular formula is C25H39O6P. The first-order chi connectivity index (χ1) is 15.3. The van der Waals surface area contributed by atoms with E-state index in [9.17, 15) is 14.5 Å². The van der Waals surface area contributed by atoms with Gasteiger partial charge in [-0.1, -0.05) is 31.4 Å². The van der Waals surface area contributed by atoms with E-state index in [1.54, 1.807) is 6.92 Å². The third-order valence-corrected chi connectivity index (χ3v) is 7.72. The average Bonchev–Trinajstić information content (AvgIpc) is 2.74. The van der Waals surface area contributed by atoms with E-state index in [1.165, 1.54) is 12.7 Å². The number of hydrogen-bond donors (Lipinski definition) is 1. The molecule has 1 aromatic rings. The molecule has 0 fully saturated rings. The monoisotopic (exact) mass is 466 g/mol. The number of phenols is 1. The number of aryl methyl sites for hydroxylation is 1. The maximum absolute atomic E-state index is 13.4. The smallest absolute Gasteiger partial charge is 0.378 e. The number of rotatable bonds is 13. The molecule has 2 atom stereocenters. The van der Waals surface area contributed by atoms with Crippen LogP contribution in [-0.2, 0) is 25.0 Å². The molecule has 2 rings (SSSR count). The Morgan fingerprint density at radius 2 is 2.00 bits per heavy atom. The second kappa shape index (κ2) is 13.1. The van der Waals surface area contributed by atoms with E-state index in [1.807, 2.05) is 12.1 Å². The minimum Gasteiger partial charge on any atom is -0.507 e. The molecule has 180 valence electrons. The van der Waals surface area contributed by atoms with Gasteiger partial charge in [0.1, 0.15) is 11.5 Å². The van der Waals surface area contributed by atoms with E-state index >= 15 is 0 Å². The maximum Gasteiger partial charge on any atom is 0.378 e. The Morgan fingerprint density at radius 3 is 2.66 bits per heavy atom. The molecule has 7 heteroatoms. The summed E-state index contributed by atoms with van der Waals surface area (Å²) in [7, 11) is -2.14. The lowest BCUT2D eigenvalue weighted by molar-refractivity contribution is -0.143. The molecule has 1 aromatic carbocycles. The molecule has 0 aromatic heterocycles. The van der Waals surface area contributed by atoms with E-state index in [2.05, 4.69) is 19.9 Å². The number of allylic oxidation sites excluding steroid dienone is 2. The van der Waals surface area contributed by atoms with E-state index < -0.39 is 7.60 Å². The minimum absolute atomic E-state index is 0.00767. The van der Waals surface area contributed by atoms with Crippen LogP contribution in [0.1, 0.15) is 89.2 Å². The second-order valence-electron chi connectivity index (χ2n) is 8.51. The number of esters is 1. The van der Waals surface area contributed by atoms with Crippen LogP contribution in [0.4, 0.5) is 0 Å². The Labute approximate surface area is 192 Å². The number of aromatic hydroxyl groups is 1. The van der Waals surface area contributed by atoms with Crippen LogP contribution in [0.15, 0.2) is 23.8 Å². The molecule has 0 bridgehead atoms. The zero-order valence-electron chi connectivity index (χ0n) is 20.0. The Bertz CT molecular complexity index is 832. The van der Waals surface area contributed by atoms with Gasteiger partial charge in [0.15, 0.2) is 0 Å². The minimum atomic E-state index is -3.50. The molecule has 1 aliphatic carbocycles. The third kappa shape index (κ3) is 7.97. The molecule has 6 nitrogen and oxygen atoms in total. The van der Waals surface area contributed by atoms with Crippen LogP contribution in [0.5, 0.6) is 11.5 Å². The lowest BCUT2D eigenvalue weighted by Crippen LogP contribution is -2.09. The predicted octanol–water partition coefficient (Wildman–Crippen LogP) is 6.90. The second-order valence-corrected chi connectivity index (χ2v) is 10.7. The van der Waals surface area contributed by atoms with Crippen molar-refractivity contribution in [3.8, 4) is 11.5 Å². The molecule has 32 heavy (non-hydrogen) atoms. The lowest BCUT2D eigenvalue weighted by atomic mass is 9.84. The van der Waals surface area contributed by atoms with E-state index in [0.29, 0.717) is 24.3 Å². The zero-order chi connectivity index (χ0) is 23.6. The van der Waals surface area contributed by atoms with Gasteiger partial charge >= 0.3 is 13.6 Å². The van der Waals surface area contributed by atoms with Crippen molar-refractivity contribution in [2.45, 2.75) is 84.5 Å². The molecule has 0 amide bonds. The van der Waals surface area contributed by atoms with Crippen molar-refractivity contribution in [2.75, 3.05) is 19.9 Å². The van der Waals surface area contributed by atoms with Crippen molar-refractivity contribution in [3.63, 3.8) is 0 Å². The SMILES string of the molecule is CCCCCc1cc(O)c(C2C=C(C)CCC2)c(OP(=O)(CCCC(=O)OCC)OC)c1.